The molecule has 0 saturated carbocycles. The quantitative estimate of drug-likeness (QED) is 0.739. The zero-order valence-corrected chi connectivity index (χ0v) is 18.3. The van der Waals surface area contributed by atoms with Crippen LogP contribution in [0.5, 0.6) is 0 Å². The third-order valence-corrected chi connectivity index (χ3v) is 8.33. The van der Waals surface area contributed by atoms with E-state index in [4.69, 9.17) is 4.99 Å². The highest BCUT2D eigenvalue weighted by Gasteiger charge is 2.54. The summed E-state index contributed by atoms with van der Waals surface area (Å²) in [5, 5.41) is 0.773. The Morgan fingerprint density at radius 3 is 2.89 bits per heavy atom. The topological polar surface area (TPSA) is 53.0 Å². The van der Waals surface area contributed by atoms with Crippen molar-refractivity contribution in [2.24, 2.45) is 4.99 Å². The average Bonchev–Trinajstić information content (AvgIpc) is 3.18. The van der Waals surface area contributed by atoms with Crippen molar-refractivity contribution in [3.63, 3.8) is 0 Å². The van der Waals surface area contributed by atoms with Gasteiger partial charge in [-0.1, -0.05) is 43.8 Å². The van der Waals surface area contributed by atoms with Crippen LogP contribution < -0.4 is 0 Å². The molecule has 4 rings (SSSR count). The van der Waals surface area contributed by atoms with Gasteiger partial charge in [0.15, 0.2) is 5.17 Å². The van der Waals surface area contributed by atoms with Crippen molar-refractivity contribution in [3.05, 3.63) is 29.8 Å². The molecule has 5 nitrogen and oxygen atoms in total. The van der Waals surface area contributed by atoms with Crippen LogP contribution in [0.2, 0.25) is 0 Å². The van der Waals surface area contributed by atoms with Crippen molar-refractivity contribution in [2.45, 2.75) is 56.9 Å². The Bertz CT molecular complexity index is 826. The Morgan fingerprint density at radius 2 is 2.11 bits per heavy atom. The number of hydrogen-bond donors (Lipinski definition) is 0. The number of benzene rings is 1. The van der Waals surface area contributed by atoms with Crippen LogP contribution in [0.3, 0.4) is 0 Å². The van der Waals surface area contributed by atoms with Gasteiger partial charge < -0.3 is 4.90 Å². The maximum atomic E-state index is 13.5. The molecule has 3 aliphatic rings. The summed E-state index contributed by atoms with van der Waals surface area (Å²) in [5.41, 5.74) is 2.12. The summed E-state index contributed by atoms with van der Waals surface area (Å²) in [4.78, 5) is 34.3. The van der Waals surface area contributed by atoms with E-state index in [0.29, 0.717) is 24.6 Å². The van der Waals surface area contributed by atoms with Crippen LogP contribution in [0, 0.1) is 0 Å². The molecular formula is C21H27N3O2S2. The number of carbonyl (C=O) groups excluding carboxylic acids is 2. The molecule has 0 aromatic heterocycles. The van der Waals surface area contributed by atoms with Gasteiger partial charge in [-0.15, -0.1) is 11.8 Å². The number of nitrogens with zero attached hydrogens (tertiary/aromatic N) is 3. The molecule has 0 N–H and O–H groups in total. The van der Waals surface area contributed by atoms with Crippen LogP contribution in [0.15, 0.2) is 29.3 Å². The molecule has 3 aliphatic heterocycles. The van der Waals surface area contributed by atoms with Crippen molar-refractivity contribution in [1.29, 1.82) is 0 Å². The molecule has 2 amide bonds. The number of carbonyl (C=O) groups is 2. The standard InChI is InChI=1S/C21H27N3O2S2/c1-14(2)15-7-4-5-8-16(15)22-20-23(11-6-12-27-20)19(26)17-13-28-21(3)10-9-18(25)24(17)21/h4-5,7-8,14,17H,6,9-13H2,1-3H3/t17-,21-/m0/s1. The highest BCUT2D eigenvalue weighted by Crippen LogP contribution is 2.47. The van der Waals surface area contributed by atoms with Gasteiger partial charge >= 0.3 is 0 Å². The number of amidine groups is 1. The van der Waals surface area contributed by atoms with Gasteiger partial charge in [0.2, 0.25) is 5.91 Å². The molecule has 150 valence electrons. The number of para-hydroxylation sites is 1. The highest BCUT2D eigenvalue weighted by atomic mass is 32.2. The maximum absolute atomic E-state index is 13.5. The van der Waals surface area contributed by atoms with Gasteiger partial charge in [0.05, 0.1) is 10.6 Å². The number of aliphatic imine (C=N–C) groups is 1. The van der Waals surface area contributed by atoms with Gasteiger partial charge in [-0.2, -0.15) is 0 Å². The molecule has 7 heteroatoms. The Balaban J connectivity index is 1.63. The normalized spacial score (nSPS) is 29.1. The second-order valence-electron chi connectivity index (χ2n) is 8.07. The van der Waals surface area contributed by atoms with Gasteiger partial charge in [-0.3, -0.25) is 14.5 Å². The molecule has 1 aromatic carbocycles. The molecule has 1 aromatic rings. The van der Waals surface area contributed by atoms with Crippen LogP contribution in [0.1, 0.15) is 51.5 Å². The van der Waals surface area contributed by atoms with Gasteiger partial charge in [0.25, 0.3) is 5.91 Å². The smallest absolute Gasteiger partial charge is 0.252 e. The predicted octanol–water partition coefficient (Wildman–Crippen LogP) is 4.22. The molecule has 0 unspecified atom stereocenters. The number of rotatable bonds is 3. The van der Waals surface area contributed by atoms with E-state index in [1.54, 1.807) is 23.5 Å². The zero-order valence-electron chi connectivity index (χ0n) is 16.7. The van der Waals surface area contributed by atoms with Crippen molar-refractivity contribution in [3.8, 4) is 0 Å². The SMILES string of the molecule is CC(C)c1ccccc1N=C1SCCCN1C(=O)[C@@H]1CS[C@@]2(C)CCC(=O)N12. The lowest BCUT2D eigenvalue weighted by Crippen LogP contribution is -2.53. The zero-order chi connectivity index (χ0) is 19.9. The van der Waals surface area contributed by atoms with E-state index in [-0.39, 0.29) is 22.7 Å². The van der Waals surface area contributed by atoms with Crippen molar-refractivity contribution < 1.29 is 9.59 Å². The summed E-state index contributed by atoms with van der Waals surface area (Å²) in [7, 11) is 0. The lowest BCUT2D eigenvalue weighted by Gasteiger charge is -2.34. The van der Waals surface area contributed by atoms with E-state index < -0.39 is 0 Å². The maximum Gasteiger partial charge on any atom is 0.252 e. The summed E-state index contributed by atoms with van der Waals surface area (Å²) in [6.07, 6.45) is 2.33. The molecule has 0 spiro atoms. The average molecular weight is 418 g/mol. The first-order valence-electron chi connectivity index (χ1n) is 9.98. The summed E-state index contributed by atoms with van der Waals surface area (Å²) < 4.78 is 0. The minimum absolute atomic E-state index is 0.0273. The predicted molar refractivity (Wildman–Crippen MR) is 117 cm³/mol. The molecule has 3 fully saturated rings. The van der Waals surface area contributed by atoms with Crippen molar-refractivity contribution >= 4 is 46.2 Å². The molecule has 28 heavy (non-hydrogen) atoms. The van der Waals surface area contributed by atoms with E-state index in [9.17, 15) is 9.59 Å². The summed E-state index contributed by atoms with van der Waals surface area (Å²) in [5.74, 6) is 2.15. The first-order chi connectivity index (χ1) is 13.4. The van der Waals surface area contributed by atoms with Crippen molar-refractivity contribution in [1.82, 2.24) is 9.80 Å². The Kier molecular flexibility index (Phi) is 5.49. The van der Waals surface area contributed by atoms with Gasteiger partial charge in [0.1, 0.15) is 6.04 Å². The number of fused-ring (bicyclic) bond motifs is 1. The van der Waals surface area contributed by atoms with Crippen LogP contribution >= 0.6 is 23.5 Å². The van der Waals surface area contributed by atoms with E-state index in [2.05, 4.69) is 26.8 Å². The second-order valence-corrected chi connectivity index (χ2v) is 10.6. The van der Waals surface area contributed by atoms with Crippen molar-refractivity contribution in [2.75, 3.05) is 18.1 Å². The number of amides is 2. The van der Waals surface area contributed by atoms with E-state index in [1.165, 1.54) is 5.56 Å². The molecule has 2 atom stereocenters. The second kappa shape index (κ2) is 7.75. The molecule has 3 saturated heterocycles. The number of hydrogen-bond acceptors (Lipinski definition) is 5. The minimum Gasteiger partial charge on any atom is -0.315 e. The van der Waals surface area contributed by atoms with E-state index in [1.807, 2.05) is 28.0 Å². The monoisotopic (exact) mass is 417 g/mol. The fourth-order valence-electron chi connectivity index (χ4n) is 4.22. The first-order valence-corrected chi connectivity index (χ1v) is 12.0. The lowest BCUT2D eigenvalue weighted by molar-refractivity contribution is -0.141. The third kappa shape index (κ3) is 3.47. The van der Waals surface area contributed by atoms with Gasteiger partial charge in [0, 0.05) is 24.5 Å². The van der Waals surface area contributed by atoms with Crippen LogP contribution in [0.25, 0.3) is 0 Å². The van der Waals surface area contributed by atoms with Crippen LogP contribution in [0.4, 0.5) is 5.69 Å². The Hall–Kier alpha value is -1.47. The van der Waals surface area contributed by atoms with Crippen LogP contribution in [-0.4, -0.2) is 55.7 Å². The fraction of sp³-hybridized carbons (Fsp3) is 0.571. The molecular weight excluding hydrogens is 390 g/mol. The third-order valence-electron chi connectivity index (χ3n) is 5.76. The Labute approximate surface area is 175 Å². The fourth-order valence-corrected chi connectivity index (χ4v) is 6.60. The summed E-state index contributed by atoms with van der Waals surface area (Å²) in [6, 6.07) is 7.78. The molecule has 0 radical (unpaired) electrons. The first kappa shape index (κ1) is 19.8. The molecule has 0 bridgehead atoms. The van der Waals surface area contributed by atoms with E-state index >= 15 is 0 Å². The summed E-state index contributed by atoms with van der Waals surface area (Å²) in [6.45, 7) is 7.08. The lowest BCUT2D eigenvalue weighted by atomic mass is 10.0. The van der Waals surface area contributed by atoms with Gasteiger partial charge in [-0.25, -0.2) is 4.99 Å². The Morgan fingerprint density at radius 1 is 1.32 bits per heavy atom. The minimum atomic E-state index is -0.366. The molecule has 0 aliphatic carbocycles. The summed E-state index contributed by atoms with van der Waals surface area (Å²) >= 11 is 3.39. The largest absolute Gasteiger partial charge is 0.315 e. The number of thioether (sulfide) groups is 2. The molecule has 3 heterocycles. The highest BCUT2D eigenvalue weighted by molar-refractivity contribution is 8.13. The van der Waals surface area contributed by atoms with Crippen LogP contribution in [-0.2, 0) is 9.59 Å². The van der Waals surface area contributed by atoms with Gasteiger partial charge in [-0.05, 0) is 37.3 Å². The van der Waals surface area contributed by atoms with E-state index in [0.717, 1.165) is 29.4 Å².